The molecule has 0 atom stereocenters. The molecule has 1 fully saturated rings. The van der Waals surface area contributed by atoms with Crippen LogP contribution in [0.15, 0.2) is 48.5 Å². The van der Waals surface area contributed by atoms with Gasteiger partial charge >= 0.3 is 0 Å². The van der Waals surface area contributed by atoms with Gasteiger partial charge in [0.1, 0.15) is 29.7 Å². The first-order chi connectivity index (χ1) is 15.2. The zero-order valence-corrected chi connectivity index (χ0v) is 19.1. The molecule has 3 aromatic rings. The number of aryl methyl sites for hydroxylation is 2. The Balaban J connectivity index is 1.30. The Kier molecular flexibility index (Phi) is 7.57. The zero-order valence-electron chi connectivity index (χ0n) is 18.3. The Morgan fingerprint density at radius 3 is 2.35 bits per heavy atom. The zero-order chi connectivity index (χ0) is 21.5. The van der Waals surface area contributed by atoms with E-state index < -0.39 is 0 Å². The number of ether oxygens (including phenoxy) is 3. The number of rotatable bonds is 9. The Morgan fingerprint density at radius 2 is 1.65 bits per heavy atom. The fourth-order valence-electron chi connectivity index (χ4n) is 3.57. The van der Waals surface area contributed by atoms with E-state index in [1.165, 1.54) is 10.4 Å². The Morgan fingerprint density at radius 1 is 0.968 bits per heavy atom. The third kappa shape index (κ3) is 6.06. The third-order valence-corrected chi connectivity index (χ3v) is 6.39. The van der Waals surface area contributed by atoms with Gasteiger partial charge in [0, 0.05) is 30.1 Å². The molecule has 0 N–H and O–H groups in total. The van der Waals surface area contributed by atoms with Gasteiger partial charge in [-0.1, -0.05) is 19.1 Å². The van der Waals surface area contributed by atoms with Crippen molar-refractivity contribution in [3.05, 3.63) is 64.0 Å². The molecule has 6 heteroatoms. The largest absolute Gasteiger partial charge is 0.492 e. The molecule has 0 saturated carbocycles. The smallest absolute Gasteiger partial charge is 0.140 e. The molecule has 4 rings (SSSR count). The van der Waals surface area contributed by atoms with Gasteiger partial charge in [0.15, 0.2) is 0 Å². The maximum absolute atomic E-state index is 5.93. The maximum Gasteiger partial charge on any atom is 0.140 e. The van der Waals surface area contributed by atoms with Gasteiger partial charge < -0.3 is 14.2 Å². The van der Waals surface area contributed by atoms with Crippen molar-refractivity contribution < 1.29 is 14.2 Å². The molecular weight excluding hydrogens is 408 g/mol. The van der Waals surface area contributed by atoms with Crippen LogP contribution in [0, 0.1) is 6.92 Å². The molecular formula is C25H30N2O3S. The summed E-state index contributed by atoms with van der Waals surface area (Å²) >= 11 is 1.69. The van der Waals surface area contributed by atoms with Gasteiger partial charge in [0.2, 0.25) is 0 Å². The van der Waals surface area contributed by atoms with Crippen molar-refractivity contribution in [1.82, 2.24) is 9.88 Å². The molecule has 2 aromatic carbocycles. The second-order valence-electron chi connectivity index (χ2n) is 7.63. The van der Waals surface area contributed by atoms with Gasteiger partial charge in [-0.15, -0.1) is 11.3 Å². The van der Waals surface area contributed by atoms with Crippen molar-refractivity contribution in [3.8, 4) is 22.8 Å². The van der Waals surface area contributed by atoms with E-state index in [0.717, 1.165) is 67.0 Å². The predicted octanol–water partition coefficient (Wildman–Crippen LogP) is 4.97. The number of nitrogens with zero attached hydrogens (tertiary/aromatic N) is 2. The summed E-state index contributed by atoms with van der Waals surface area (Å²) < 4.78 is 17.2. The van der Waals surface area contributed by atoms with E-state index in [1.807, 2.05) is 24.3 Å². The van der Waals surface area contributed by atoms with E-state index >= 15 is 0 Å². The highest BCUT2D eigenvalue weighted by Crippen LogP contribution is 2.29. The molecule has 5 nitrogen and oxygen atoms in total. The minimum atomic E-state index is 0.486. The van der Waals surface area contributed by atoms with E-state index in [2.05, 4.69) is 43.0 Å². The molecule has 1 aromatic heterocycles. The lowest BCUT2D eigenvalue weighted by atomic mass is 10.1. The van der Waals surface area contributed by atoms with Crippen LogP contribution in [-0.4, -0.2) is 49.3 Å². The monoisotopic (exact) mass is 438 g/mol. The molecule has 1 saturated heterocycles. The average Bonchev–Trinajstić information content (AvgIpc) is 3.19. The molecule has 0 aliphatic carbocycles. The minimum Gasteiger partial charge on any atom is -0.492 e. The van der Waals surface area contributed by atoms with Crippen molar-refractivity contribution in [2.45, 2.75) is 26.9 Å². The highest BCUT2D eigenvalue weighted by atomic mass is 32.1. The summed E-state index contributed by atoms with van der Waals surface area (Å²) in [5.41, 5.74) is 3.44. The van der Waals surface area contributed by atoms with Gasteiger partial charge in [-0.3, -0.25) is 4.90 Å². The quantitative estimate of drug-likeness (QED) is 0.472. The standard InChI is InChI=1S/C25H30N2O3S/c1-3-20-4-8-23(9-5-20)30-18-24-26-25(19(2)31-24)21-6-10-22(11-7-21)29-17-14-27-12-15-28-16-13-27/h4-11H,3,12-18H2,1-2H3. The van der Waals surface area contributed by atoms with Crippen molar-refractivity contribution in [2.75, 3.05) is 39.5 Å². The first-order valence-electron chi connectivity index (χ1n) is 10.9. The normalized spacial score (nSPS) is 14.5. The van der Waals surface area contributed by atoms with Crippen LogP contribution in [0.3, 0.4) is 0 Å². The molecule has 31 heavy (non-hydrogen) atoms. The van der Waals surface area contributed by atoms with E-state index in [-0.39, 0.29) is 0 Å². The first-order valence-corrected chi connectivity index (χ1v) is 11.7. The number of morpholine rings is 1. The van der Waals surface area contributed by atoms with Crippen molar-refractivity contribution in [2.24, 2.45) is 0 Å². The molecule has 1 aliphatic rings. The summed E-state index contributed by atoms with van der Waals surface area (Å²) in [6.45, 7) is 9.98. The summed E-state index contributed by atoms with van der Waals surface area (Å²) in [7, 11) is 0. The fraction of sp³-hybridized carbons (Fsp3) is 0.400. The summed E-state index contributed by atoms with van der Waals surface area (Å²) in [5.74, 6) is 1.77. The van der Waals surface area contributed by atoms with Crippen molar-refractivity contribution in [3.63, 3.8) is 0 Å². The van der Waals surface area contributed by atoms with Gasteiger partial charge in [-0.2, -0.15) is 0 Å². The Hall–Kier alpha value is -2.41. The van der Waals surface area contributed by atoms with E-state index in [4.69, 9.17) is 19.2 Å². The van der Waals surface area contributed by atoms with Crippen LogP contribution in [0.2, 0.25) is 0 Å². The maximum atomic E-state index is 5.93. The molecule has 0 spiro atoms. The Bertz CT molecular complexity index is 948. The van der Waals surface area contributed by atoms with Crippen LogP contribution in [0.25, 0.3) is 11.3 Å². The van der Waals surface area contributed by atoms with Gasteiger partial charge in [-0.25, -0.2) is 4.98 Å². The van der Waals surface area contributed by atoms with Crippen LogP contribution >= 0.6 is 11.3 Å². The summed E-state index contributed by atoms with van der Waals surface area (Å²) in [4.78, 5) is 8.38. The number of hydrogen-bond donors (Lipinski definition) is 0. The van der Waals surface area contributed by atoms with Crippen LogP contribution in [0.4, 0.5) is 0 Å². The molecule has 0 unspecified atom stereocenters. The minimum absolute atomic E-state index is 0.486. The fourth-order valence-corrected chi connectivity index (χ4v) is 4.44. The van der Waals surface area contributed by atoms with Crippen molar-refractivity contribution >= 4 is 11.3 Å². The molecule has 1 aliphatic heterocycles. The number of aromatic nitrogens is 1. The molecule has 0 radical (unpaired) electrons. The van der Waals surface area contributed by atoms with Gasteiger partial charge in [0.25, 0.3) is 0 Å². The van der Waals surface area contributed by atoms with Crippen molar-refractivity contribution in [1.29, 1.82) is 0 Å². The highest BCUT2D eigenvalue weighted by molar-refractivity contribution is 7.12. The third-order valence-electron chi connectivity index (χ3n) is 5.44. The van der Waals surface area contributed by atoms with E-state index in [1.54, 1.807) is 11.3 Å². The Labute approximate surface area is 188 Å². The van der Waals surface area contributed by atoms with Crippen LogP contribution in [0.1, 0.15) is 22.4 Å². The first kappa shape index (κ1) is 21.8. The number of benzene rings is 2. The van der Waals surface area contributed by atoms with E-state index in [0.29, 0.717) is 13.2 Å². The number of hydrogen-bond acceptors (Lipinski definition) is 6. The van der Waals surface area contributed by atoms with Gasteiger partial charge in [-0.05, 0) is 55.3 Å². The molecule has 0 amide bonds. The predicted molar refractivity (Wildman–Crippen MR) is 125 cm³/mol. The topological polar surface area (TPSA) is 43.8 Å². The second kappa shape index (κ2) is 10.8. The molecule has 2 heterocycles. The molecule has 0 bridgehead atoms. The summed E-state index contributed by atoms with van der Waals surface area (Å²) in [5, 5.41) is 0.984. The number of thiazole rings is 1. The average molecular weight is 439 g/mol. The molecule has 164 valence electrons. The van der Waals surface area contributed by atoms with E-state index in [9.17, 15) is 0 Å². The lowest BCUT2D eigenvalue weighted by Gasteiger charge is -2.26. The lowest BCUT2D eigenvalue weighted by molar-refractivity contribution is 0.0322. The second-order valence-corrected chi connectivity index (χ2v) is 8.91. The lowest BCUT2D eigenvalue weighted by Crippen LogP contribution is -2.38. The van der Waals surface area contributed by atoms with Crippen LogP contribution in [-0.2, 0) is 17.8 Å². The van der Waals surface area contributed by atoms with Gasteiger partial charge in [0.05, 0.1) is 18.9 Å². The highest BCUT2D eigenvalue weighted by Gasteiger charge is 2.12. The summed E-state index contributed by atoms with van der Waals surface area (Å²) in [6.07, 6.45) is 1.03. The van der Waals surface area contributed by atoms with Crippen LogP contribution in [0.5, 0.6) is 11.5 Å². The SMILES string of the molecule is CCc1ccc(OCc2nc(-c3ccc(OCCN4CCOCC4)cc3)c(C)s2)cc1. The van der Waals surface area contributed by atoms with Crippen LogP contribution < -0.4 is 9.47 Å². The summed E-state index contributed by atoms with van der Waals surface area (Å²) in [6, 6.07) is 16.5.